The van der Waals surface area contributed by atoms with Crippen molar-refractivity contribution in [3.8, 4) is 0 Å². The second-order valence-electron chi connectivity index (χ2n) is 4.91. The van der Waals surface area contributed by atoms with Gasteiger partial charge in [0.15, 0.2) is 0 Å². The lowest BCUT2D eigenvalue weighted by Gasteiger charge is -2.33. The highest BCUT2D eigenvalue weighted by molar-refractivity contribution is 5.06. The molecule has 1 saturated heterocycles. The van der Waals surface area contributed by atoms with Crippen LogP contribution >= 0.6 is 0 Å². The van der Waals surface area contributed by atoms with E-state index in [0.29, 0.717) is 0 Å². The first-order valence-electron chi connectivity index (χ1n) is 6.67. The fourth-order valence-corrected chi connectivity index (χ4v) is 2.69. The van der Waals surface area contributed by atoms with Crippen molar-refractivity contribution >= 4 is 0 Å². The Kier molecular flexibility index (Phi) is 4.18. The SMILES string of the molecule is CCC1CCNC(C(O)c2cncn2CC)C1. The van der Waals surface area contributed by atoms with Crippen LogP contribution in [0.3, 0.4) is 0 Å². The highest BCUT2D eigenvalue weighted by atomic mass is 16.3. The summed E-state index contributed by atoms with van der Waals surface area (Å²) in [6.45, 7) is 6.17. The van der Waals surface area contributed by atoms with Crippen LogP contribution in [0.2, 0.25) is 0 Å². The van der Waals surface area contributed by atoms with Crippen LogP contribution in [0.1, 0.15) is 44.9 Å². The quantitative estimate of drug-likeness (QED) is 0.838. The molecule has 1 aromatic rings. The summed E-state index contributed by atoms with van der Waals surface area (Å²) < 4.78 is 2.02. The average molecular weight is 237 g/mol. The summed E-state index contributed by atoms with van der Waals surface area (Å²) in [5, 5.41) is 13.9. The third-order valence-corrected chi connectivity index (χ3v) is 3.89. The van der Waals surface area contributed by atoms with Gasteiger partial charge in [-0.15, -0.1) is 0 Å². The number of aliphatic hydroxyl groups is 1. The topological polar surface area (TPSA) is 50.1 Å². The summed E-state index contributed by atoms with van der Waals surface area (Å²) in [6, 6.07) is 0.177. The minimum Gasteiger partial charge on any atom is -0.385 e. The molecule has 2 rings (SSSR count). The Balaban J connectivity index is 2.06. The van der Waals surface area contributed by atoms with E-state index in [0.717, 1.165) is 31.1 Å². The third kappa shape index (κ3) is 2.69. The van der Waals surface area contributed by atoms with Crippen LogP contribution in [0.15, 0.2) is 12.5 Å². The molecule has 2 N–H and O–H groups in total. The molecule has 0 aromatic carbocycles. The number of aliphatic hydroxyl groups excluding tert-OH is 1. The maximum absolute atomic E-state index is 10.4. The zero-order valence-corrected chi connectivity index (χ0v) is 10.8. The van der Waals surface area contributed by atoms with E-state index in [2.05, 4.69) is 24.1 Å². The lowest BCUT2D eigenvalue weighted by molar-refractivity contribution is 0.0914. The molecule has 3 unspecified atom stereocenters. The Morgan fingerprint density at radius 3 is 3.12 bits per heavy atom. The summed E-state index contributed by atoms with van der Waals surface area (Å²) in [5.41, 5.74) is 0.932. The summed E-state index contributed by atoms with van der Waals surface area (Å²) in [7, 11) is 0. The zero-order chi connectivity index (χ0) is 12.3. The lowest BCUT2D eigenvalue weighted by atomic mass is 9.87. The third-order valence-electron chi connectivity index (χ3n) is 3.89. The van der Waals surface area contributed by atoms with Gasteiger partial charge in [0.05, 0.1) is 18.2 Å². The van der Waals surface area contributed by atoms with Crippen LogP contribution in [0.5, 0.6) is 0 Å². The number of imidazole rings is 1. The normalized spacial score (nSPS) is 27.0. The molecular weight excluding hydrogens is 214 g/mol. The van der Waals surface area contributed by atoms with Gasteiger partial charge in [-0.1, -0.05) is 13.3 Å². The van der Waals surface area contributed by atoms with Gasteiger partial charge in [0.1, 0.15) is 6.10 Å². The van der Waals surface area contributed by atoms with Crippen LogP contribution in [0.25, 0.3) is 0 Å². The van der Waals surface area contributed by atoms with Crippen molar-refractivity contribution in [2.24, 2.45) is 5.92 Å². The van der Waals surface area contributed by atoms with Gasteiger partial charge >= 0.3 is 0 Å². The molecular formula is C13H23N3O. The number of hydrogen-bond acceptors (Lipinski definition) is 3. The van der Waals surface area contributed by atoms with E-state index in [-0.39, 0.29) is 6.04 Å². The van der Waals surface area contributed by atoms with E-state index in [4.69, 9.17) is 0 Å². The van der Waals surface area contributed by atoms with Crippen LogP contribution < -0.4 is 5.32 Å². The Labute approximate surface area is 103 Å². The zero-order valence-electron chi connectivity index (χ0n) is 10.8. The molecule has 0 amide bonds. The Morgan fingerprint density at radius 1 is 1.59 bits per heavy atom. The van der Waals surface area contributed by atoms with Gasteiger partial charge in [-0.05, 0) is 32.2 Å². The predicted octanol–water partition coefficient (Wildman–Crippen LogP) is 1.71. The molecule has 3 atom stereocenters. The van der Waals surface area contributed by atoms with Crippen molar-refractivity contribution in [3.05, 3.63) is 18.2 Å². The van der Waals surface area contributed by atoms with Gasteiger partial charge in [-0.3, -0.25) is 0 Å². The first-order valence-corrected chi connectivity index (χ1v) is 6.67. The van der Waals surface area contributed by atoms with Crippen LogP contribution in [-0.2, 0) is 6.54 Å². The molecule has 17 heavy (non-hydrogen) atoms. The molecule has 4 heteroatoms. The van der Waals surface area contributed by atoms with E-state index in [1.54, 1.807) is 12.5 Å². The van der Waals surface area contributed by atoms with Gasteiger partial charge in [0, 0.05) is 12.6 Å². The van der Waals surface area contributed by atoms with Gasteiger partial charge in [0.25, 0.3) is 0 Å². The standard InChI is InChI=1S/C13H23N3O/c1-3-10-5-6-15-11(7-10)13(17)12-8-14-9-16(12)4-2/h8-11,13,15,17H,3-7H2,1-2H3. The molecule has 0 saturated carbocycles. The van der Waals surface area contributed by atoms with Gasteiger partial charge in [-0.25, -0.2) is 4.98 Å². The van der Waals surface area contributed by atoms with Gasteiger partial charge < -0.3 is 15.0 Å². The largest absolute Gasteiger partial charge is 0.385 e. The number of piperidine rings is 1. The van der Waals surface area contributed by atoms with Crippen molar-refractivity contribution in [3.63, 3.8) is 0 Å². The number of nitrogens with zero attached hydrogens (tertiary/aromatic N) is 2. The number of aryl methyl sites for hydroxylation is 1. The highest BCUT2D eigenvalue weighted by Gasteiger charge is 2.28. The highest BCUT2D eigenvalue weighted by Crippen LogP contribution is 2.27. The summed E-state index contributed by atoms with van der Waals surface area (Å²) in [5.74, 6) is 0.744. The number of nitrogens with one attached hydrogen (secondary N) is 1. The van der Waals surface area contributed by atoms with E-state index in [1.807, 2.05) is 4.57 Å². The average Bonchev–Trinajstić information content (AvgIpc) is 2.86. The minimum absolute atomic E-state index is 0.177. The first-order chi connectivity index (χ1) is 8.26. The first kappa shape index (κ1) is 12.6. The fourth-order valence-electron chi connectivity index (χ4n) is 2.69. The molecule has 1 aliphatic rings. The van der Waals surface area contributed by atoms with Crippen LogP contribution in [0.4, 0.5) is 0 Å². The minimum atomic E-state index is -0.438. The van der Waals surface area contributed by atoms with E-state index < -0.39 is 6.10 Å². The summed E-state index contributed by atoms with van der Waals surface area (Å²) >= 11 is 0. The monoisotopic (exact) mass is 237 g/mol. The summed E-state index contributed by atoms with van der Waals surface area (Å²) in [4.78, 5) is 4.12. The van der Waals surface area contributed by atoms with Crippen LogP contribution in [-0.4, -0.2) is 27.2 Å². The smallest absolute Gasteiger partial charge is 0.111 e. The van der Waals surface area contributed by atoms with Gasteiger partial charge in [-0.2, -0.15) is 0 Å². The molecule has 0 spiro atoms. The fraction of sp³-hybridized carbons (Fsp3) is 0.769. The van der Waals surface area contributed by atoms with Crippen molar-refractivity contribution in [2.45, 2.75) is 51.8 Å². The van der Waals surface area contributed by atoms with E-state index in [1.165, 1.54) is 12.8 Å². The predicted molar refractivity (Wildman–Crippen MR) is 67.7 cm³/mol. The molecule has 1 fully saturated rings. The molecule has 1 aromatic heterocycles. The Bertz CT molecular complexity index is 350. The van der Waals surface area contributed by atoms with Crippen molar-refractivity contribution < 1.29 is 5.11 Å². The van der Waals surface area contributed by atoms with E-state index >= 15 is 0 Å². The molecule has 0 radical (unpaired) electrons. The maximum Gasteiger partial charge on any atom is 0.111 e. The molecule has 0 bridgehead atoms. The number of hydrogen-bond donors (Lipinski definition) is 2. The summed E-state index contributed by atoms with van der Waals surface area (Å²) in [6.07, 6.45) is 6.63. The number of aromatic nitrogens is 2. The molecule has 4 nitrogen and oxygen atoms in total. The second kappa shape index (κ2) is 5.65. The Morgan fingerprint density at radius 2 is 2.41 bits per heavy atom. The molecule has 96 valence electrons. The second-order valence-corrected chi connectivity index (χ2v) is 4.91. The Hall–Kier alpha value is -0.870. The number of rotatable bonds is 4. The van der Waals surface area contributed by atoms with Gasteiger partial charge in [0.2, 0.25) is 0 Å². The molecule has 2 heterocycles. The molecule has 0 aliphatic carbocycles. The van der Waals surface area contributed by atoms with Crippen molar-refractivity contribution in [1.29, 1.82) is 0 Å². The van der Waals surface area contributed by atoms with Crippen LogP contribution in [0, 0.1) is 5.92 Å². The lowest BCUT2D eigenvalue weighted by Crippen LogP contribution is -2.42. The maximum atomic E-state index is 10.4. The molecule has 1 aliphatic heterocycles. The van der Waals surface area contributed by atoms with E-state index in [9.17, 15) is 5.11 Å². The van der Waals surface area contributed by atoms with Crippen molar-refractivity contribution in [1.82, 2.24) is 14.9 Å². The van der Waals surface area contributed by atoms with Crippen molar-refractivity contribution in [2.75, 3.05) is 6.54 Å².